The number of nitrogens with zero attached hydrogens (tertiary/aromatic N) is 4. The number of aromatic nitrogens is 3. The van der Waals surface area contributed by atoms with Gasteiger partial charge in [0.05, 0.1) is 42.0 Å². The number of fused-ring (bicyclic) bond motifs is 3. The van der Waals surface area contributed by atoms with Gasteiger partial charge in [0.15, 0.2) is 0 Å². The highest BCUT2D eigenvalue weighted by Gasteiger charge is 2.36. The minimum atomic E-state index is -0.323. The number of rotatable bonds is 6. The smallest absolute Gasteiger partial charge is 0.323 e. The fourth-order valence-electron chi connectivity index (χ4n) is 5.47. The molecule has 0 aliphatic carbocycles. The lowest BCUT2D eigenvalue weighted by Crippen LogP contribution is -2.38. The molecule has 1 N–H and O–H groups in total. The number of nitrogens with one attached hydrogen (secondary N) is 1. The van der Waals surface area contributed by atoms with E-state index in [4.69, 9.17) is 9.84 Å². The number of hydrogen-bond acceptors (Lipinski definition) is 3. The first-order chi connectivity index (χ1) is 19.6. The molecule has 1 aliphatic rings. The van der Waals surface area contributed by atoms with Crippen LogP contribution in [0.25, 0.3) is 11.5 Å². The molecule has 7 nitrogen and oxygen atoms in total. The standard InChI is InChI=1S/C33H33N5O2/c1-4-24-17-19-25(20-18-24)31-29-15-11-21-36(29)32-27(23(3)35-38(32)26-12-7-6-8-13-26)22-37(31)33(39)34-28-14-9-10-16-30(28)40-5-2/h6-21,31H,4-5,22H2,1-3H3,(H,34,39). The number of para-hydroxylation sites is 3. The molecule has 2 amide bonds. The van der Waals surface area contributed by atoms with Gasteiger partial charge in [-0.15, -0.1) is 0 Å². The van der Waals surface area contributed by atoms with Crippen LogP contribution in [0.2, 0.25) is 0 Å². The molecule has 0 saturated heterocycles. The molecule has 0 fully saturated rings. The third-order valence-electron chi connectivity index (χ3n) is 7.48. The number of amides is 2. The van der Waals surface area contributed by atoms with Crippen molar-refractivity contribution in [3.05, 3.63) is 125 Å². The molecule has 7 heteroatoms. The molecule has 0 saturated carbocycles. The number of ether oxygens (including phenoxy) is 1. The van der Waals surface area contributed by atoms with Crippen molar-refractivity contribution in [1.82, 2.24) is 19.2 Å². The monoisotopic (exact) mass is 531 g/mol. The van der Waals surface area contributed by atoms with Crippen LogP contribution < -0.4 is 10.1 Å². The molecule has 1 aliphatic heterocycles. The minimum absolute atomic E-state index is 0.204. The number of anilines is 1. The van der Waals surface area contributed by atoms with E-state index in [0.29, 0.717) is 24.6 Å². The molecule has 40 heavy (non-hydrogen) atoms. The van der Waals surface area contributed by atoms with Gasteiger partial charge in [-0.1, -0.05) is 61.5 Å². The molecule has 1 atom stereocenters. The molecule has 0 spiro atoms. The van der Waals surface area contributed by atoms with E-state index in [9.17, 15) is 4.79 Å². The lowest BCUT2D eigenvalue weighted by atomic mass is 9.99. The number of urea groups is 1. The van der Waals surface area contributed by atoms with Crippen LogP contribution in [0.1, 0.15) is 48.0 Å². The van der Waals surface area contributed by atoms with Crippen LogP contribution in [0.4, 0.5) is 10.5 Å². The highest BCUT2D eigenvalue weighted by atomic mass is 16.5. The number of carbonyl (C=O) groups excluding carboxylic acids is 1. The quantitative estimate of drug-likeness (QED) is 0.255. The number of hydrogen-bond donors (Lipinski definition) is 1. The Bertz CT molecular complexity index is 1640. The number of carbonyl (C=O) groups is 1. The maximum Gasteiger partial charge on any atom is 0.323 e. The molecule has 3 heterocycles. The summed E-state index contributed by atoms with van der Waals surface area (Å²) >= 11 is 0. The van der Waals surface area contributed by atoms with Crippen LogP contribution >= 0.6 is 0 Å². The van der Waals surface area contributed by atoms with E-state index in [2.05, 4.69) is 65.5 Å². The van der Waals surface area contributed by atoms with Gasteiger partial charge in [0.1, 0.15) is 11.6 Å². The fraction of sp³-hybridized carbons (Fsp3) is 0.212. The van der Waals surface area contributed by atoms with Crippen LogP contribution in [0, 0.1) is 6.92 Å². The summed E-state index contributed by atoms with van der Waals surface area (Å²) in [5.74, 6) is 1.60. The summed E-state index contributed by atoms with van der Waals surface area (Å²) in [5, 5.41) is 8.09. The van der Waals surface area contributed by atoms with Gasteiger partial charge in [-0.05, 0) is 67.8 Å². The predicted octanol–water partition coefficient (Wildman–Crippen LogP) is 7.07. The van der Waals surface area contributed by atoms with E-state index in [1.54, 1.807) is 0 Å². The summed E-state index contributed by atoms with van der Waals surface area (Å²) in [6.07, 6.45) is 3.02. The van der Waals surface area contributed by atoms with E-state index >= 15 is 0 Å². The van der Waals surface area contributed by atoms with Crippen LogP contribution in [-0.2, 0) is 13.0 Å². The zero-order chi connectivity index (χ0) is 27.6. The van der Waals surface area contributed by atoms with Gasteiger partial charge in [0.2, 0.25) is 0 Å². The van der Waals surface area contributed by atoms with Crippen molar-refractivity contribution >= 4 is 11.7 Å². The van der Waals surface area contributed by atoms with Gasteiger partial charge in [0, 0.05) is 11.8 Å². The first kappa shape index (κ1) is 25.5. The van der Waals surface area contributed by atoms with Crippen molar-refractivity contribution in [1.29, 1.82) is 0 Å². The zero-order valence-electron chi connectivity index (χ0n) is 23.0. The lowest BCUT2D eigenvalue weighted by molar-refractivity contribution is 0.194. The van der Waals surface area contributed by atoms with Crippen molar-refractivity contribution < 1.29 is 9.53 Å². The molecule has 6 rings (SSSR count). The Labute approximate surface area is 234 Å². The van der Waals surface area contributed by atoms with Crippen molar-refractivity contribution in [2.45, 2.75) is 39.8 Å². The Morgan fingerprint density at radius 3 is 2.45 bits per heavy atom. The lowest BCUT2D eigenvalue weighted by Gasteiger charge is -2.31. The van der Waals surface area contributed by atoms with Gasteiger partial charge in [0.25, 0.3) is 0 Å². The van der Waals surface area contributed by atoms with Crippen LogP contribution in [-0.4, -0.2) is 31.9 Å². The summed E-state index contributed by atoms with van der Waals surface area (Å²) in [4.78, 5) is 16.1. The second-order valence-electron chi connectivity index (χ2n) is 9.92. The molecule has 1 unspecified atom stereocenters. The maximum atomic E-state index is 14.2. The molecule has 202 valence electrons. The Balaban J connectivity index is 1.51. The summed E-state index contributed by atoms with van der Waals surface area (Å²) in [6, 6.07) is 29.9. The molecule has 2 aromatic heterocycles. The van der Waals surface area contributed by atoms with Crippen molar-refractivity contribution in [2.75, 3.05) is 11.9 Å². The minimum Gasteiger partial charge on any atom is -0.492 e. The van der Waals surface area contributed by atoms with E-state index in [1.807, 2.05) is 72.0 Å². The molecule has 5 aromatic rings. The molecule has 3 aromatic carbocycles. The van der Waals surface area contributed by atoms with E-state index in [0.717, 1.165) is 40.4 Å². The van der Waals surface area contributed by atoms with Crippen molar-refractivity contribution in [3.63, 3.8) is 0 Å². The van der Waals surface area contributed by atoms with Crippen LogP contribution in [0.5, 0.6) is 5.75 Å². The molecular formula is C33H33N5O2. The SMILES string of the molecule is CCOc1ccccc1NC(=O)N1Cc2c(C)nn(-c3ccccc3)c2-n2cccc2C1c1ccc(CC)cc1. The third kappa shape index (κ3) is 4.53. The normalized spacial score (nSPS) is 14.3. The fourth-order valence-corrected chi connectivity index (χ4v) is 5.47. The highest BCUT2D eigenvalue weighted by Crippen LogP contribution is 2.39. The first-order valence-corrected chi connectivity index (χ1v) is 13.8. The zero-order valence-corrected chi connectivity index (χ0v) is 23.0. The Morgan fingerprint density at radius 2 is 1.70 bits per heavy atom. The van der Waals surface area contributed by atoms with Gasteiger partial charge in [-0.2, -0.15) is 5.10 Å². The molecule has 0 bridgehead atoms. The van der Waals surface area contributed by atoms with Crippen molar-refractivity contribution in [2.24, 2.45) is 0 Å². The predicted molar refractivity (Wildman–Crippen MR) is 157 cm³/mol. The maximum absolute atomic E-state index is 14.2. The van der Waals surface area contributed by atoms with Gasteiger partial charge >= 0.3 is 6.03 Å². The second-order valence-corrected chi connectivity index (χ2v) is 9.92. The Kier molecular flexibility index (Phi) is 6.86. The summed E-state index contributed by atoms with van der Waals surface area (Å²) in [5.41, 5.74) is 6.80. The van der Waals surface area contributed by atoms with E-state index in [-0.39, 0.29) is 12.1 Å². The molecule has 0 radical (unpaired) electrons. The van der Waals surface area contributed by atoms with Gasteiger partial charge in [-0.25, -0.2) is 9.48 Å². The number of benzene rings is 3. The Morgan fingerprint density at radius 1 is 0.950 bits per heavy atom. The summed E-state index contributed by atoms with van der Waals surface area (Å²) in [7, 11) is 0. The topological polar surface area (TPSA) is 64.3 Å². The second kappa shape index (κ2) is 10.8. The Hall–Kier alpha value is -4.78. The number of aryl methyl sites for hydroxylation is 2. The average molecular weight is 532 g/mol. The average Bonchev–Trinajstić information content (AvgIpc) is 3.55. The third-order valence-corrected chi connectivity index (χ3v) is 7.48. The van der Waals surface area contributed by atoms with E-state index < -0.39 is 0 Å². The van der Waals surface area contributed by atoms with E-state index in [1.165, 1.54) is 5.56 Å². The van der Waals surface area contributed by atoms with Gasteiger partial charge < -0.3 is 19.5 Å². The van der Waals surface area contributed by atoms with Crippen molar-refractivity contribution in [3.8, 4) is 17.3 Å². The molecular weight excluding hydrogens is 498 g/mol. The highest BCUT2D eigenvalue weighted by molar-refractivity contribution is 5.91. The van der Waals surface area contributed by atoms with Crippen LogP contribution in [0.3, 0.4) is 0 Å². The van der Waals surface area contributed by atoms with Gasteiger partial charge in [-0.3, -0.25) is 0 Å². The first-order valence-electron chi connectivity index (χ1n) is 13.8. The van der Waals surface area contributed by atoms with Crippen LogP contribution in [0.15, 0.2) is 97.2 Å². The summed E-state index contributed by atoms with van der Waals surface area (Å²) in [6.45, 7) is 7.00. The summed E-state index contributed by atoms with van der Waals surface area (Å²) < 4.78 is 9.97. The largest absolute Gasteiger partial charge is 0.492 e.